The number of amides is 2. The molecule has 0 aliphatic rings. The van der Waals surface area contributed by atoms with Crippen LogP contribution in [-0.4, -0.2) is 23.6 Å². The van der Waals surface area contributed by atoms with Crippen LogP contribution in [0.1, 0.15) is 31.4 Å². The second-order valence-corrected chi connectivity index (χ2v) is 5.67. The summed E-state index contributed by atoms with van der Waals surface area (Å²) >= 11 is 0. The van der Waals surface area contributed by atoms with Gasteiger partial charge in [0, 0.05) is 23.7 Å². The molecule has 0 aliphatic carbocycles. The predicted octanol–water partition coefficient (Wildman–Crippen LogP) is 2.48. The molecule has 0 saturated carbocycles. The van der Waals surface area contributed by atoms with E-state index in [0.29, 0.717) is 18.5 Å². The Hall–Kier alpha value is -2.30. The van der Waals surface area contributed by atoms with Crippen LogP contribution in [0.2, 0.25) is 0 Å². The molecule has 0 radical (unpaired) electrons. The van der Waals surface area contributed by atoms with Gasteiger partial charge in [-0.1, -0.05) is 18.6 Å². The van der Waals surface area contributed by atoms with Gasteiger partial charge in [-0.3, -0.25) is 4.79 Å². The maximum absolute atomic E-state index is 12.0. The molecule has 1 unspecified atom stereocenters. The molecule has 5 nitrogen and oxygen atoms in total. The number of rotatable bonds is 5. The van der Waals surface area contributed by atoms with E-state index in [2.05, 4.69) is 15.6 Å². The molecule has 2 aromatic rings. The molecule has 5 heteroatoms. The summed E-state index contributed by atoms with van der Waals surface area (Å²) in [5.41, 5.74) is 2.57. The van der Waals surface area contributed by atoms with Crippen LogP contribution in [0.5, 0.6) is 0 Å². The van der Waals surface area contributed by atoms with E-state index in [9.17, 15) is 9.59 Å². The van der Waals surface area contributed by atoms with E-state index in [0.717, 1.165) is 22.9 Å². The standard InChI is InChI=1S/C17H23N3O2/c1-4-12(3)19-17(22)18-8-7-13-10-14-9-11(2)5-6-15(14)20-16(13)21/h5-6,9-10,12H,4,7-8H2,1-3H3,(H,20,21)(H2,18,19,22). The summed E-state index contributed by atoms with van der Waals surface area (Å²) in [5, 5.41) is 6.62. The zero-order valence-electron chi connectivity index (χ0n) is 13.3. The van der Waals surface area contributed by atoms with E-state index in [4.69, 9.17) is 0 Å². The summed E-state index contributed by atoms with van der Waals surface area (Å²) in [6, 6.07) is 7.77. The van der Waals surface area contributed by atoms with Crippen molar-refractivity contribution in [1.82, 2.24) is 15.6 Å². The smallest absolute Gasteiger partial charge is 0.315 e. The summed E-state index contributed by atoms with van der Waals surface area (Å²) in [5.74, 6) is 0. The Bertz CT molecular complexity index is 721. The second-order valence-electron chi connectivity index (χ2n) is 5.67. The molecule has 0 spiro atoms. The lowest BCUT2D eigenvalue weighted by Gasteiger charge is -2.12. The van der Waals surface area contributed by atoms with E-state index in [1.165, 1.54) is 0 Å². The van der Waals surface area contributed by atoms with Crippen LogP contribution in [0.4, 0.5) is 4.79 Å². The van der Waals surface area contributed by atoms with E-state index in [-0.39, 0.29) is 17.6 Å². The van der Waals surface area contributed by atoms with Gasteiger partial charge in [-0.15, -0.1) is 0 Å². The quantitative estimate of drug-likeness (QED) is 0.793. The number of H-pyrrole nitrogens is 1. The fourth-order valence-electron chi connectivity index (χ4n) is 2.24. The van der Waals surface area contributed by atoms with Gasteiger partial charge >= 0.3 is 6.03 Å². The number of fused-ring (bicyclic) bond motifs is 1. The minimum absolute atomic E-state index is 0.0968. The molecule has 118 valence electrons. The Morgan fingerprint density at radius 3 is 2.82 bits per heavy atom. The highest BCUT2D eigenvalue weighted by atomic mass is 16.2. The van der Waals surface area contributed by atoms with Crippen molar-refractivity contribution in [3.8, 4) is 0 Å². The monoisotopic (exact) mass is 301 g/mol. The number of hydrogen-bond acceptors (Lipinski definition) is 2. The first kappa shape index (κ1) is 16.1. The van der Waals surface area contributed by atoms with Crippen molar-refractivity contribution in [1.29, 1.82) is 0 Å². The molecule has 1 aromatic heterocycles. The highest BCUT2D eigenvalue weighted by Crippen LogP contribution is 2.13. The molecule has 1 heterocycles. The number of urea groups is 1. The molecule has 0 aliphatic heterocycles. The van der Waals surface area contributed by atoms with Crippen LogP contribution in [0.15, 0.2) is 29.1 Å². The van der Waals surface area contributed by atoms with Crippen molar-refractivity contribution in [2.75, 3.05) is 6.54 Å². The first-order chi connectivity index (χ1) is 10.5. The third-order valence-corrected chi connectivity index (χ3v) is 3.75. The average molecular weight is 301 g/mol. The number of aryl methyl sites for hydroxylation is 1. The Kier molecular flexibility index (Phi) is 5.20. The lowest BCUT2D eigenvalue weighted by molar-refractivity contribution is 0.237. The van der Waals surface area contributed by atoms with Gasteiger partial charge in [0.05, 0.1) is 0 Å². The second kappa shape index (κ2) is 7.11. The Balaban J connectivity index is 2.01. The number of aromatic nitrogens is 1. The molecule has 0 bridgehead atoms. The molecular weight excluding hydrogens is 278 g/mol. The normalized spacial score (nSPS) is 12.1. The number of benzene rings is 1. The molecule has 0 saturated heterocycles. The van der Waals surface area contributed by atoms with Gasteiger partial charge in [-0.2, -0.15) is 0 Å². The van der Waals surface area contributed by atoms with Crippen LogP contribution in [0.25, 0.3) is 10.9 Å². The summed E-state index contributed by atoms with van der Waals surface area (Å²) in [6.45, 7) is 6.42. The number of carbonyl (C=O) groups excluding carboxylic acids is 1. The van der Waals surface area contributed by atoms with Crippen LogP contribution in [-0.2, 0) is 6.42 Å². The zero-order valence-corrected chi connectivity index (χ0v) is 13.3. The maximum Gasteiger partial charge on any atom is 0.315 e. The van der Waals surface area contributed by atoms with Gasteiger partial charge in [-0.25, -0.2) is 4.79 Å². The maximum atomic E-state index is 12.0. The summed E-state index contributed by atoms with van der Waals surface area (Å²) < 4.78 is 0. The fourth-order valence-corrected chi connectivity index (χ4v) is 2.24. The Morgan fingerprint density at radius 2 is 2.09 bits per heavy atom. The summed E-state index contributed by atoms with van der Waals surface area (Å²) in [7, 11) is 0. The van der Waals surface area contributed by atoms with Crippen LogP contribution < -0.4 is 16.2 Å². The van der Waals surface area contributed by atoms with Crippen LogP contribution in [0, 0.1) is 6.92 Å². The summed E-state index contributed by atoms with van der Waals surface area (Å²) in [4.78, 5) is 26.6. The molecule has 0 fully saturated rings. The molecular formula is C17H23N3O2. The Labute approximate surface area is 130 Å². The largest absolute Gasteiger partial charge is 0.338 e. The van der Waals surface area contributed by atoms with E-state index in [1.54, 1.807) is 0 Å². The van der Waals surface area contributed by atoms with Gasteiger partial charge < -0.3 is 15.6 Å². The van der Waals surface area contributed by atoms with Gasteiger partial charge in [-0.05, 0) is 50.3 Å². The van der Waals surface area contributed by atoms with E-state index >= 15 is 0 Å². The number of nitrogens with one attached hydrogen (secondary N) is 3. The number of aromatic amines is 1. The van der Waals surface area contributed by atoms with Gasteiger partial charge in [0.25, 0.3) is 5.56 Å². The van der Waals surface area contributed by atoms with Crippen LogP contribution >= 0.6 is 0 Å². The highest BCUT2D eigenvalue weighted by Gasteiger charge is 2.06. The number of carbonyl (C=O) groups is 1. The van der Waals surface area contributed by atoms with Crippen molar-refractivity contribution < 1.29 is 4.79 Å². The molecule has 2 amide bonds. The molecule has 2 rings (SSSR count). The molecule has 1 atom stereocenters. The average Bonchev–Trinajstić information content (AvgIpc) is 2.48. The molecule has 3 N–H and O–H groups in total. The van der Waals surface area contributed by atoms with E-state index < -0.39 is 0 Å². The summed E-state index contributed by atoms with van der Waals surface area (Å²) in [6.07, 6.45) is 1.39. The zero-order chi connectivity index (χ0) is 16.1. The van der Waals surface area contributed by atoms with Crippen LogP contribution in [0.3, 0.4) is 0 Å². The third kappa shape index (κ3) is 4.10. The third-order valence-electron chi connectivity index (χ3n) is 3.75. The predicted molar refractivity (Wildman–Crippen MR) is 89.3 cm³/mol. The molecule has 22 heavy (non-hydrogen) atoms. The van der Waals surface area contributed by atoms with Crippen molar-refractivity contribution in [3.63, 3.8) is 0 Å². The lowest BCUT2D eigenvalue weighted by atomic mass is 10.1. The topological polar surface area (TPSA) is 74.0 Å². The van der Waals surface area contributed by atoms with Crippen molar-refractivity contribution >= 4 is 16.9 Å². The van der Waals surface area contributed by atoms with Gasteiger partial charge in [0.1, 0.15) is 0 Å². The minimum Gasteiger partial charge on any atom is -0.338 e. The molecule has 1 aromatic carbocycles. The first-order valence-electron chi connectivity index (χ1n) is 7.66. The Morgan fingerprint density at radius 1 is 1.32 bits per heavy atom. The van der Waals surface area contributed by atoms with E-state index in [1.807, 2.05) is 45.0 Å². The SMILES string of the molecule is CCC(C)NC(=O)NCCc1cc2cc(C)ccc2[nH]c1=O. The lowest BCUT2D eigenvalue weighted by Crippen LogP contribution is -2.41. The highest BCUT2D eigenvalue weighted by molar-refractivity contribution is 5.79. The van der Waals surface area contributed by atoms with Crippen molar-refractivity contribution in [2.24, 2.45) is 0 Å². The minimum atomic E-state index is -0.192. The van der Waals surface area contributed by atoms with Gasteiger partial charge in [0.2, 0.25) is 0 Å². The van der Waals surface area contributed by atoms with Crippen molar-refractivity contribution in [2.45, 2.75) is 39.7 Å². The number of hydrogen-bond donors (Lipinski definition) is 3. The number of pyridine rings is 1. The van der Waals surface area contributed by atoms with Crippen molar-refractivity contribution in [3.05, 3.63) is 45.7 Å². The fraction of sp³-hybridized carbons (Fsp3) is 0.412. The van der Waals surface area contributed by atoms with Gasteiger partial charge in [0.15, 0.2) is 0 Å². The first-order valence-corrected chi connectivity index (χ1v) is 7.66.